The van der Waals surface area contributed by atoms with Crippen molar-refractivity contribution in [2.75, 3.05) is 0 Å². The SMILES string of the molecule is CC1=C[C@@]23OC(C)(C)O[C@@H]2c2cccc(OCc4ccccc4)c2[C@H]3[C@@H]2OC(C)(C)O[C@@H]12. The third-order valence-electron chi connectivity index (χ3n) is 7.01. The summed E-state index contributed by atoms with van der Waals surface area (Å²) < 4.78 is 32.5. The molecule has 2 saturated heterocycles. The molecule has 0 bridgehead atoms. The maximum Gasteiger partial charge on any atom is 0.165 e. The van der Waals surface area contributed by atoms with Crippen LogP contribution in [0.5, 0.6) is 5.75 Å². The molecule has 5 heteroatoms. The van der Waals surface area contributed by atoms with Gasteiger partial charge in [-0.15, -0.1) is 0 Å². The van der Waals surface area contributed by atoms with Gasteiger partial charge in [-0.05, 0) is 63.5 Å². The zero-order valence-corrected chi connectivity index (χ0v) is 19.3. The summed E-state index contributed by atoms with van der Waals surface area (Å²) in [5.41, 5.74) is 3.84. The minimum atomic E-state index is -0.694. The lowest BCUT2D eigenvalue weighted by atomic mass is 9.73. The molecule has 2 aromatic carbocycles. The summed E-state index contributed by atoms with van der Waals surface area (Å²) in [5.74, 6) is -0.592. The first kappa shape index (κ1) is 20.4. The first-order chi connectivity index (χ1) is 15.2. The van der Waals surface area contributed by atoms with Crippen LogP contribution >= 0.6 is 0 Å². The van der Waals surface area contributed by atoms with E-state index in [0.717, 1.165) is 28.0 Å². The van der Waals surface area contributed by atoms with Crippen LogP contribution in [-0.2, 0) is 25.6 Å². The number of benzene rings is 2. The average molecular weight is 435 g/mol. The Morgan fingerprint density at radius 3 is 2.44 bits per heavy atom. The Morgan fingerprint density at radius 1 is 0.875 bits per heavy atom. The van der Waals surface area contributed by atoms with Crippen molar-refractivity contribution >= 4 is 0 Å². The van der Waals surface area contributed by atoms with E-state index in [1.165, 1.54) is 0 Å². The van der Waals surface area contributed by atoms with Crippen LogP contribution in [-0.4, -0.2) is 29.4 Å². The summed E-state index contributed by atoms with van der Waals surface area (Å²) in [6.07, 6.45) is 1.70. The van der Waals surface area contributed by atoms with E-state index in [2.05, 4.69) is 31.2 Å². The van der Waals surface area contributed by atoms with Crippen molar-refractivity contribution in [1.29, 1.82) is 0 Å². The zero-order valence-electron chi connectivity index (χ0n) is 19.3. The standard InChI is InChI=1S/C27H30O5/c1-16-14-27-21(23-22(16)29-25(2,3)30-23)20-18(24(27)31-26(4,5)32-27)12-9-13-19(20)28-15-17-10-7-6-8-11-17/h6-14,21-24H,15H2,1-5H3/t21-,22-,23-,24+,27-/m0/s1. The van der Waals surface area contributed by atoms with Gasteiger partial charge in [0, 0.05) is 5.56 Å². The van der Waals surface area contributed by atoms with Gasteiger partial charge in [0.05, 0.1) is 5.92 Å². The number of fused-ring (bicyclic) bond motifs is 5. The van der Waals surface area contributed by atoms with Gasteiger partial charge >= 0.3 is 0 Å². The number of ether oxygens (including phenoxy) is 5. The third-order valence-corrected chi connectivity index (χ3v) is 7.01. The lowest BCUT2D eigenvalue weighted by molar-refractivity contribution is -0.173. The zero-order chi connectivity index (χ0) is 22.3. The molecular weight excluding hydrogens is 404 g/mol. The van der Waals surface area contributed by atoms with E-state index in [0.29, 0.717) is 6.61 Å². The molecule has 0 radical (unpaired) electrons. The summed E-state index contributed by atoms with van der Waals surface area (Å²) in [6.45, 7) is 10.5. The summed E-state index contributed by atoms with van der Waals surface area (Å²) in [4.78, 5) is 0. The molecule has 5 atom stereocenters. The molecule has 2 aliphatic heterocycles. The lowest BCUT2D eigenvalue weighted by Gasteiger charge is -2.41. The molecular formula is C27H30O5. The second kappa shape index (κ2) is 6.67. The maximum atomic E-state index is 6.72. The van der Waals surface area contributed by atoms with Gasteiger partial charge in [0.15, 0.2) is 11.6 Å². The molecule has 4 aliphatic rings. The fourth-order valence-corrected chi connectivity index (χ4v) is 6.06. The Hall–Kier alpha value is -2.18. The highest BCUT2D eigenvalue weighted by Crippen LogP contribution is 2.66. The Labute approximate surface area is 189 Å². The van der Waals surface area contributed by atoms with Crippen LogP contribution < -0.4 is 4.74 Å². The first-order valence-electron chi connectivity index (χ1n) is 11.4. The van der Waals surface area contributed by atoms with E-state index >= 15 is 0 Å². The Balaban J connectivity index is 1.48. The van der Waals surface area contributed by atoms with Gasteiger partial charge in [-0.25, -0.2) is 0 Å². The van der Waals surface area contributed by atoms with Crippen LogP contribution in [0.3, 0.4) is 0 Å². The van der Waals surface area contributed by atoms with Gasteiger partial charge in [-0.2, -0.15) is 0 Å². The molecule has 32 heavy (non-hydrogen) atoms. The van der Waals surface area contributed by atoms with Gasteiger partial charge in [-0.3, -0.25) is 0 Å². The summed E-state index contributed by atoms with van der Waals surface area (Å²) in [6, 6.07) is 16.5. The van der Waals surface area contributed by atoms with Gasteiger partial charge in [0.2, 0.25) is 0 Å². The molecule has 2 fully saturated rings. The van der Waals surface area contributed by atoms with Crippen molar-refractivity contribution in [3.8, 4) is 5.75 Å². The molecule has 168 valence electrons. The fourth-order valence-electron chi connectivity index (χ4n) is 6.06. The summed E-state index contributed by atoms with van der Waals surface area (Å²) in [5, 5.41) is 0. The second-order valence-electron chi connectivity index (χ2n) is 10.3. The molecule has 1 spiro atoms. The van der Waals surface area contributed by atoms with Gasteiger partial charge in [0.1, 0.15) is 36.3 Å². The molecule has 0 amide bonds. The Bertz CT molecular complexity index is 1090. The predicted octanol–water partition coefficient (Wildman–Crippen LogP) is 5.41. The summed E-state index contributed by atoms with van der Waals surface area (Å²) in [7, 11) is 0. The highest BCUT2D eigenvalue weighted by atomic mass is 16.8. The fraction of sp³-hybridized carbons (Fsp3) is 0.481. The van der Waals surface area contributed by atoms with Gasteiger partial charge in [-0.1, -0.05) is 42.5 Å². The van der Waals surface area contributed by atoms with E-state index in [4.69, 9.17) is 23.7 Å². The number of rotatable bonds is 3. The molecule has 0 N–H and O–H groups in total. The quantitative estimate of drug-likeness (QED) is 0.605. The van der Waals surface area contributed by atoms with Crippen molar-refractivity contribution in [3.05, 3.63) is 76.9 Å². The highest BCUT2D eigenvalue weighted by Gasteiger charge is 2.69. The van der Waals surface area contributed by atoms with E-state index in [1.807, 2.05) is 58.0 Å². The molecule has 0 aromatic heterocycles. The minimum Gasteiger partial charge on any atom is -0.489 e. The summed E-state index contributed by atoms with van der Waals surface area (Å²) >= 11 is 0. The van der Waals surface area contributed by atoms with Crippen LogP contribution in [0.4, 0.5) is 0 Å². The van der Waals surface area contributed by atoms with Gasteiger partial charge in [0.25, 0.3) is 0 Å². The average Bonchev–Trinajstić information content (AvgIpc) is 3.28. The topological polar surface area (TPSA) is 46.2 Å². The smallest absolute Gasteiger partial charge is 0.165 e. The lowest BCUT2D eigenvalue weighted by Crippen LogP contribution is -2.49. The van der Waals surface area contributed by atoms with Crippen LogP contribution in [0.25, 0.3) is 0 Å². The molecule has 2 aromatic rings. The monoisotopic (exact) mass is 434 g/mol. The van der Waals surface area contributed by atoms with E-state index in [-0.39, 0.29) is 24.2 Å². The van der Waals surface area contributed by atoms with Crippen molar-refractivity contribution in [3.63, 3.8) is 0 Å². The molecule has 0 unspecified atom stereocenters. The third kappa shape index (κ3) is 2.92. The van der Waals surface area contributed by atoms with Crippen LogP contribution in [0.15, 0.2) is 60.2 Å². The van der Waals surface area contributed by atoms with Crippen LogP contribution in [0.1, 0.15) is 63.3 Å². The van der Waals surface area contributed by atoms with E-state index in [9.17, 15) is 0 Å². The van der Waals surface area contributed by atoms with Crippen molar-refractivity contribution in [1.82, 2.24) is 0 Å². The molecule has 0 saturated carbocycles. The minimum absolute atomic E-state index is 0.0910. The molecule has 2 aliphatic carbocycles. The second-order valence-corrected chi connectivity index (χ2v) is 10.3. The van der Waals surface area contributed by atoms with Gasteiger partial charge < -0.3 is 23.7 Å². The van der Waals surface area contributed by atoms with Crippen molar-refractivity contribution in [2.24, 2.45) is 0 Å². The largest absolute Gasteiger partial charge is 0.489 e. The van der Waals surface area contributed by atoms with E-state index in [1.54, 1.807) is 0 Å². The van der Waals surface area contributed by atoms with Crippen molar-refractivity contribution in [2.45, 2.75) is 82.6 Å². The van der Waals surface area contributed by atoms with E-state index < -0.39 is 17.2 Å². The Morgan fingerprint density at radius 2 is 1.66 bits per heavy atom. The van der Waals surface area contributed by atoms with Crippen molar-refractivity contribution < 1.29 is 23.7 Å². The van der Waals surface area contributed by atoms with Crippen LogP contribution in [0.2, 0.25) is 0 Å². The molecule has 5 nitrogen and oxygen atoms in total. The predicted molar refractivity (Wildman–Crippen MR) is 119 cm³/mol. The number of hydrogen-bond acceptors (Lipinski definition) is 5. The molecule has 2 heterocycles. The Kier molecular flexibility index (Phi) is 4.26. The molecule has 6 rings (SSSR count). The number of hydrogen-bond donors (Lipinski definition) is 0. The van der Waals surface area contributed by atoms with Crippen LogP contribution in [0, 0.1) is 0 Å². The maximum absolute atomic E-state index is 6.72. The highest BCUT2D eigenvalue weighted by molar-refractivity contribution is 5.56. The normalized spacial score (nSPS) is 35.5. The first-order valence-corrected chi connectivity index (χ1v) is 11.4.